The summed E-state index contributed by atoms with van der Waals surface area (Å²) in [5, 5.41) is 3.42. The van der Waals surface area contributed by atoms with Gasteiger partial charge in [0.05, 0.1) is 17.4 Å². The summed E-state index contributed by atoms with van der Waals surface area (Å²) in [4.78, 5) is 18.8. The minimum Gasteiger partial charge on any atom is -0.340 e. The highest BCUT2D eigenvalue weighted by Gasteiger charge is 2.12. The second-order valence-corrected chi connectivity index (χ2v) is 5.91. The van der Waals surface area contributed by atoms with Gasteiger partial charge in [0.15, 0.2) is 0 Å². The maximum Gasteiger partial charge on any atom is 0.257 e. The Labute approximate surface area is 152 Å². The van der Waals surface area contributed by atoms with E-state index in [0.717, 1.165) is 17.9 Å². The molecule has 0 aliphatic carbocycles. The van der Waals surface area contributed by atoms with Crippen molar-refractivity contribution in [2.75, 3.05) is 16.8 Å². The van der Waals surface area contributed by atoms with E-state index in [4.69, 9.17) is 11.6 Å². The minimum atomic E-state index is -0.222. The molecule has 0 atom stereocenters. The van der Waals surface area contributed by atoms with E-state index >= 15 is 0 Å². The van der Waals surface area contributed by atoms with Gasteiger partial charge in [0, 0.05) is 29.1 Å². The lowest BCUT2D eigenvalue weighted by Gasteiger charge is -2.23. The zero-order valence-corrected chi connectivity index (χ0v) is 14.6. The number of anilines is 3. The second kappa shape index (κ2) is 7.81. The van der Waals surface area contributed by atoms with Gasteiger partial charge in [-0.25, -0.2) is 0 Å². The van der Waals surface area contributed by atoms with Crippen LogP contribution in [-0.4, -0.2) is 17.4 Å². The van der Waals surface area contributed by atoms with E-state index in [2.05, 4.69) is 22.1 Å². The van der Waals surface area contributed by atoms with Gasteiger partial charge < -0.3 is 10.2 Å². The van der Waals surface area contributed by atoms with E-state index in [0.29, 0.717) is 16.3 Å². The predicted octanol–water partition coefficient (Wildman–Crippen LogP) is 5.15. The molecule has 0 bridgehead atoms. The minimum absolute atomic E-state index is 0.222. The molecule has 0 saturated carbocycles. The van der Waals surface area contributed by atoms with Gasteiger partial charge in [0.2, 0.25) is 0 Å². The standard InChI is InChI=1S/C20H18ClN3O/c1-2-24(18-9-4-3-5-10-18)19-11-15(13-22-14-19)20(25)23-17-8-6-7-16(21)12-17/h3-14H,2H2,1H3,(H,23,25). The van der Waals surface area contributed by atoms with Gasteiger partial charge in [-0.3, -0.25) is 9.78 Å². The molecule has 0 saturated heterocycles. The van der Waals surface area contributed by atoms with Crippen molar-refractivity contribution in [3.05, 3.63) is 83.6 Å². The summed E-state index contributed by atoms with van der Waals surface area (Å²) < 4.78 is 0. The van der Waals surface area contributed by atoms with Gasteiger partial charge >= 0.3 is 0 Å². The van der Waals surface area contributed by atoms with Crippen LogP contribution in [0.4, 0.5) is 17.1 Å². The van der Waals surface area contributed by atoms with Crippen molar-refractivity contribution in [1.29, 1.82) is 0 Å². The third-order valence-corrected chi connectivity index (χ3v) is 4.00. The van der Waals surface area contributed by atoms with Gasteiger partial charge in [0.1, 0.15) is 0 Å². The van der Waals surface area contributed by atoms with Crippen molar-refractivity contribution in [1.82, 2.24) is 4.98 Å². The topological polar surface area (TPSA) is 45.2 Å². The molecule has 1 N–H and O–H groups in total. The maximum absolute atomic E-state index is 12.5. The fraction of sp³-hybridized carbons (Fsp3) is 0.100. The zero-order valence-electron chi connectivity index (χ0n) is 13.8. The number of para-hydroxylation sites is 1. The highest BCUT2D eigenvalue weighted by Crippen LogP contribution is 2.25. The Morgan fingerprint density at radius 2 is 1.84 bits per heavy atom. The number of carbonyl (C=O) groups is 1. The number of amides is 1. The van der Waals surface area contributed by atoms with E-state index in [-0.39, 0.29) is 5.91 Å². The Morgan fingerprint density at radius 1 is 1.04 bits per heavy atom. The number of hydrogen-bond donors (Lipinski definition) is 1. The van der Waals surface area contributed by atoms with Gasteiger partial charge in [-0.15, -0.1) is 0 Å². The molecule has 0 aliphatic rings. The fourth-order valence-corrected chi connectivity index (χ4v) is 2.78. The van der Waals surface area contributed by atoms with Crippen LogP contribution in [-0.2, 0) is 0 Å². The monoisotopic (exact) mass is 351 g/mol. The first kappa shape index (κ1) is 17.0. The summed E-state index contributed by atoms with van der Waals surface area (Å²) in [6.45, 7) is 2.83. The molecular weight excluding hydrogens is 334 g/mol. The van der Waals surface area contributed by atoms with Crippen LogP contribution in [0, 0.1) is 0 Å². The summed E-state index contributed by atoms with van der Waals surface area (Å²) >= 11 is 5.96. The lowest BCUT2D eigenvalue weighted by atomic mass is 10.2. The Morgan fingerprint density at radius 3 is 2.56 bits per heavy atom. The first-order chi connectivity index (χ1) is 12.2. The number of aromatic nitrogens is 1. The number of carbonyl (C=O) groups excluding carboxylic acids is 1. The molecule has 25 heavy (non-hydrogen) atoms. The Kier molecular flexibility index (Phi) is 5.31. The van der Waals surface area contributed by atoms with Crippen LogP contribution >= 0.6 is 11.6 Å². The van der Waals surface area contributed by atoms with Crippen molar-refractivity contribution in [3.63, 3.8) is 0 Å². The average Bonchev–Trinajstić information content (AvgIpc) is 2.63. The third-order valence-electron chi connectivity index (χ3n) is 3.76. The summed E-state index contributed by atoms with van der Waals surface area (Å²) in [7, 11) is 0. The zero-order chi connectivity index (χ0) is 17.6. The van der Waals surface area contributed by atoms with Gasteiger partial charge in [-0.1, -0.05) is 35.9 Å². The number of pyridine rings is 1. The Balaban J connectivity index is 1.84. The van der Waals surface area contributed by atoms with Crippen LogP contribution in [0.25, 0.3) is 0 Å². The highest BCUT2D eigenvalue weighted by atomic mass is 35.5. The molecule has 0 unspecified atom stereocenters. The molecule has 1 heterocycles. The molecule has 3 rings (SSSR count). The number of nitrogens with one attached hydrogen (secondary N) is 1. The van der Waals surface area contributed by atoms with E-state index in [1.54, 1.807) is 36.7 Å². The molecule has 0 aliphatic heterocycles. The molecule has 0 spiro atoms. The summed E-state index contributed by atoms with van der Waals surface area (Å²) in [6, 6.07) is 18.9. The smallest absolute Gasteiger partial charge is 0.257 e. The molecule has 4 nitrogen and oxygen atoms in total. The SMILES string of the molecule is CCN(c1ccccc1)c1cncc(C(=O)Nc2cccc(Cl)c2)c1. The highest BCUT2D eigenvalue weighted by molar-refractivity contribution is 6.31. The Hall–Kier alpha value is -2.85. The van der Waals surface area contributed by atoms with Crippen molar-refractivity contribution in [2.24, 2.45) is 0 Å². The fourth-order valence-electron chi connectivity index (χ4n) is 2.59. The molecule has 126 valence electrons. The third kappa shape index (κ3) is 4.17. The first-order valence-corrected chi connectivity index (χ1v) is 8.39. The molecule has 1 amide bonds. The average molecular weight is 352 g/mol. The molecule has 0 radical (unpaired) electrons. The number of halogens is 1. The van der Waals surface area contributed by atoms with E-state index < -0.39 is 0 Å². The van der Waals surface area contributed by atoms with Crippen molar-refractivity contribution in [3.8, 4) is 0 Å². The number of nitrogens with zero attached hydrogens (tertiary/aromatic N) is 2. The molecule has 3 aromatic rings. The normalized spacial score (nSPS) is 10.3. The molecule has 2 aromatic carbocycles. The number of benzene rings is 2. The number of rotatable bonds is 5. The molecule has 1 aromatic heterocycles. The van der Waals surface area contributed by atoms with Gasteiger partial charge in [-0.05, 0) is 43.3 Å². The van der Waals surface area contributed by atoms with Crippen LogP contribution in [0.15, 0.2) is 73.1 Å². The Bertz CT molecular complexity index is 868. The van der Waals surface area contributed by atoms with Crippen molar-refractivity contribution >= 4 is 34.6 Å². The quantitative estimate of drug-likeness (QED) is 0.691. The predicted molar refractivity (Wildman–Crippen MR) is 103 cm³/mol. The lowest BCUT2D eigenvalue weighted by molar-refractivity contribution is 0.102. The largest absolute Gasteiger partial charge is 0.340 e. The van der Waals surface area contributed by atoms with Crippen molar-refractivity contribution in [2.45, 2.75) is 6.92 Å². The van der Waals surface area contributed by atoms with Gasteiger partial charge in [-0.2, -0.15) is 0 Å². The lowest BCUT2D eigenvalue weighted by Crippen LogP contribution is -2.18. The van der Waals surface area contributed by atoms with E-state index in [1.165, 1.54) is 0 Å². The second-order valence-electron chi connectivity index (χ2n) is 5.48. The van der Waals surface area contributed by atoms with Crippen LogP contribution in [0.2, 0.25) is 5.02 Å². The van der Waals surface area contributed by atoms with E-state index in [9.17, 15) is 4.79 Å². The van der Waals surface area contributed by atoms with E-state index in [1.807, 2.05) is 36.4 Å². The summed E-state index contributed by atoms with van der Waals surface area (Å²) in [6.07, 6.45) is 3.31. The molecular formula is C20H18ClN3O. The summed E-state index contributed by atoms with van der Waals surface area (Å²) in [5.74, 6) is -0.222. The molecule has 0 fully saturated rings. The van der Waals surface area contributed by atoms with Crippen molar-refractivity contribution < 1.29 is 4.79 Å². The maximum atomic E-state index is 12.5. The summed E-state index contributed by atoms with van der Waals surface area (Å²) in [5.41, 5.74) is 3.07. The first-order valence-electron chi connectivity index (χ1n) is 8.02. The van der Waals surface area contributed by atoms with Crippen LogP contribution in [0.1, 0.15) is 17.3 Å². The number of hydrogen-bond acceptors (Lipinski definition) is 3. The molecule has 5 heteroatoms. The van der Waals surface area contributed by atoms with Gasteiger partial charge in [0.25, 0.3) is 5.91 Å². The van der Waals surface area contributed by atoms with Crippen LogP contribution in [0.3, 0.4) is 0 Å². The van der Waals surface area contributed by atoms with Crippen LogP contribution in [0.5, 0.6) is 0 Å². The van der Waals surface area contributed by atoms with Crippen LogP contribution < -0.4 is 10.2 Å².